The molecule has 0 unspecified atom stereocenters. The van der Waals surface area contributed by atoms with E-state index in [1.165, 1.54) is 0 Å². The molecule has 4 aromatic heterocycles. The van der Waals surface area contributed by atoms with Crippen LogP contribution in [0, 0.1) is 0 Å². The summed E-state index contributed by atoms with van der Waals surface area (Å²) in [6, 6.07) is 47.6. The third kappa shape index (κ3) is 11.7. The number of halogens is 3. The van der Waals surface area contributed by atoms with Crippen LogP contribution >= 0.6 is 28.3 Å². The second-order valence-electron chi connectivity index (χ2n) is 12.3. The van der Waals surface area contributed by atoms with Gasteiger partial charge in [-0.05, 0) is 105 Å². The van der Waals surface area contributed by atoms with Gasteiger partial charge in [-0.3, -0.25) is 16.7 Å². The fourth-order valence-corrected chi connectivity index (χ4v) is 6.17. The molecule has 308 valence electrons. The zero-order valence-corrected chi connectivity index (χ0v) is 38.2. The normalized spacial score (nSPS) is 14.0. The molecule has 8 aromatic rings. The Labute approximate surface area is 384 Å². The van der Waals surface area contributed by atoms with E-state index in [-0.39, 0.29) is 0 Å². The first-order valence-electron chi connectivity index (χ1n) is 18.3. The van der Waals surface area contributed by atoms with Crippen molar-refractivity contribution < 1.29 is 41.4 Å². The van der Waals surface area contributed by atoms with Crippen molar-refractivity contribution in [2.45, 2.75) is 0 Å². The van der Waals surface area contributed by atoms with Gasteiger partial charge in [0.1, 0.15) is 11.7 Å². The molecular weight excluding hydrogens is 1190 g/mol. The Balaban J connectivity index is 0.000000178. The van der Waals surface area contributed by atoms with E-state index in [1.807, 2.05) is 97.1 Å². The van der Waals surface area contributed by atoms with Crippen LogP contribution in [0.3, 0.4) is 0 Å². The Morgan fingerprint density at radius 1 is 0.557 bits per heavy atom. The maximum Gasteiger partial charge on any atom is 0.164 e. The number of carbonyl (C=O) groups excluding carboxylic acids is 1. The van der Waals surface area contributed by atoms with Gasteiger partial charge < -0.3 is 25.4 Å². The number of anilines is 1. The van der Waals surface area contributed by atoms with E-state index in [9.17, 15) is 0 Å². The molecule has 4 aromatic carbocycles. The molecule has 1 N–H and O–H groups in total. The Bertz CT molecular complexity index is 2770. The van der Waals surface area contributed by atoms with Gasteiger partial charge in [-0.1, -0.05) is 72.8 Å². The zero-order chi connectivity index (χ0) is 43.5. The van der Waals surface area contributed by atoms with Crippen LogP contribution < -0.4 is 5.32 Å². The quantitative estimate of drug-likeness (QED) is 0.137. The number of aromatic nitrogens is 4. The number of amidine groups is 4. The average molecular weight is 1220 g/mol. The van der Waals surface area contributed by atoms with E-state index in [1.54, 1.807) is 43.6 Å². The first-order chi connectivity index (χ1) is 30.6. The minimum atomic E-state index is -0.472. The SMILES string of the molecule is [2H][C-]=O.[Cl][Pt+].[Cl][Pt][Cl].c1ccc(N=C2N=C(Nc3ccccn3)c3cc4ccccc4cc32)nc1.c1ccc(N=C2[N-]C(=Nc3ccccn3)c3cc4ccccc4cc32)nc1. The number of hydrogen-bond donors (Lipinski definition) is 1. The Kier molecular flexibility index (Phi) is 16.5. The van der Waals surface area contributed by atoms with Gasteiger partial charge in [0.05, 0.1) is 11.6 Å². The summed E-state index contributed by atoms with van der Waals surface area (Å²) in [5, 5.41) is 12.6. The maximum absolute atomic E-state index is 8.35. The third-order valence-corrected chi connectivity index (χ3v) is 8.70. The summed E-state index contributed by atoms with van der Waals surface area (Å²) in [5.41, 5.74) is 3.90. The van der Waals surface area contributed by atoms with Crippen LogP contribution in [-0.4, -0.2) is 50.0 Å². The first-order valence-corrected chi connectivity index (χ1v) is 26.3. The second kappa shape index (κ2) is 23.3. The van der Waals surface area contributed by atoms with Crippen molar-refractivity contribution in [1.29, 1.82) is 0 Å². The van der Waals surface area contributed by atoms with E-state index in [2.05, 4.69) is 103 Å². The van der Waals surface area contributed by atoms with E-state index < -0.39 is 16.5 Å². The number of hydrogen-bond acceptors (Lipinski definition) is 9. The minimum Gasteiger partial charge on any atom is -0.357 e. The molecule has 16 heteroatoms. The molecule has 0 saturated carbocycles. The van der Waals surface area contributed by atoms with Crippen molar-refractivity contribution in [3.63, 3.8) is 0 Å². The number of nitrogens with one attached hydrogen (secondary N) is 1. The van der Waals surface area contributed by atoms with Crippen LogP contribution in [0.4, 0.5) is 23.3 Å². The van der Waals surface area contributed by atoms with Crippen molar-refractivity contribution in [2.24, 2.45) is 20.0 Å². The molecule has 0 bridgehead atoms. The van der Waals surface area contributed by atoms with Crippen molar-refractivity contribution in [2.75, 3.05) is 5.32 Å². The number of pyridine rings is 4. The number of rotatable bonds is 4. The number of aliphatic imine (C=N–C) groups is 4. The first kappa shape index (κ1) is 43.3. The van der Waals surface area contributed by atoms with Crippen LogP contribution in [0.25, 0.3) is 26.9 Å². The molecule has 6 heterocycles. The van der Waals surface area contributed by atoms with Gasteiger partial charge in [0.15, 0.2) is 11.7 Å². The molecule has 0 fully saturated rings. The maximum atomic E-state index is 8.35. The van der Waals surface area contributed by atoms with E-state index in [0.717, 1.165) is 62.2 Å². The summed E-state index contributed by atoms with van der Waals surface area (Å²) in [5.74, 6) is 5.23. The van der Waals surface area contributed by atoms with Crippen LogP contribution in [0.5, 0.6) is 0 Å². The monoisotopic (exact) mass is 1220 g/mol. The molecule has 0 aliphatic carbocycles. The number of fused-ring (bicyclic) bond motifs is 4. The summed E-state index contributed by atoms with van der Waals surface area (Å²) in [7, 11) is 14.4. The van der Waals surface area contributed by atoms with Crippen molar-refractivity contribution in [1.82, 2.24) is 19.9 Å². The minimum absolute atomic E-state index is 0.472. The molecule has 0 saturated heterocycles. The predicted molar refractivity (Wildman–Crippen MR) is 241 cm³/mol. The molecule has 2 aliphatic rings. The second-order valence-corrected chi connectivity index (χ2v) is 15.6. The number of benzene rings is 4. The summed E-state index contributed by atoms with van der Waals surface area (Å²) in [4.78, 5) is 44.2. The van der Waals surface area contributed by atoms with Gasteiger partial charge in [0.2, 0.25) is 0 Å². The summed E-state index contributed by atoms with van der Waals surface area (Å²) in [6.45, 7) is 0.750. The van der Waals surface area contributed by atoms with E-state index in [4.69, 9.17) is 30.0 Å². The van der Waals surface area contributed by atoms with Crippen LogP contribution in [0.1, 0.15) is 23.6 Å². The van der Waals surface area contributed by atoms with Crippen molar-refractivity contribution >= 4 is 103 Å². The summed E-state index contributed by atoms with van der Waals surface area (Å²) >= 11 is 1.14. The predicted octanol–water partition coefficient (Wildman–Crippen LogP) is 11.5. The molecule has 61 heavy (non-hydrogen) atoms. The van der Waals surface area contributed by atoms with Gasteiger partial charge >= 0.3 is 63.5 Å². The molecule has 0 spiro atoms. The van der Waals surface area contributed by atoms with Gasteiger partial charge in [-0.15, -0.1) is 0 Å². The third-order valence-electron chi connectivity index (χ3n) is 8.70. The standard InChI is InChI=1S/C22H15N5.C22H14N5.CHO.3ClH.2Pt/c2*1-2-8-16-14-18-17(13-15(16)7-1)21(25-19-9-3-5-11-23-19)27-22(18)26-20-10-4-6-12-24-20;1-2;;;;;/h1-14H,(H,23,24,25,26,27);1-14H;1H;3*1H;;/q;2*-1;;;;2*+2/p-3/i;;1D;;;;;. The summed E-state index contributed by atoms with van der Waals surface area (Å²) in [6.07, 6.45) is 6.92. The topological polar surface area (TPSA) is 144 Å². The Hall–Kier alpha value is -5.80. The zero-order valence-electron chi connectivity index (χ0n) is 32.4. The largest absolute Gasteiger partial charge is 0.357 e. The Morgan fingerprint density at radius 2 is 0.934 bits per heavy atom. The smallest absolute Gasteiger partial charge is 0.164 e. The molecule has 11 nitrogen and oxygen atoms in total. The van der Waals surface area contributed by atoms with E-state index >= 15 is 0 Å². The molecule has 2 aliphatic heterocycles. The van der Waals surface area contributed by atoms with Crippen LogP contribution in [0.15, 0.2) is 190 Å². The van der Waals surface area contributed by atoms with Gasteiger partial charge in [0, 0.05) is 47.6 Å². The van der Waals surface area contributed by atoms with Crippen LogP contribution in [0.2, 0.25) is 0 Å². The molecular formula is C45H30Cl3N10OPt2-. The number of nitrogens with zero attached hydrogens (tertiary/aromatic N) is 9. The summed E-state index contributed by atoms with van der Waals surface area (Å²) < 4.78 is 5.40. The van der Waals surface area contributed by atoms with Gasteiger partial charge in [-0.2, -0.15) is 1.37 Å². The molecule has 0 radical (unpaired) electrons. The Morgan fingerprint density at radius 3 is 1.34 bits per heavy atom. The fourth-order valence-electron chi connectivity index (χ4n) is 6.17. The molecule has 0 amide bonds. The van der Waals surface area contributed by atoms with Crippen molar-refractivity contribution in [3.05, 3.63) is 198 Å². The van der Waals surface area contributed by atoms with Gasteiger partial charge in [-0.25, -0.2) is 20.0 Å². The van der Waals surface area contributed by atoms with E-state index in [0.29, 0.717) is 35.0 Å². The van der Waals surface area contributed by atoms with Gasteiger partial charge in [0.25, 0.3) is 0 Å². The van der Waals surface area contributed by atoms with Crippen molar-refractivity contribution in [3.8, 4) is 0 Å². The molecule has 10 rings (SSSR count). The van der Waals surface area contributed by atoms with Crippen LogP contribution in [-0.2, 0) is 40.0 Å². The fraction of sp³-hybridized carbons (Fsp3) is 0. The average Bonchev–Trinajstić information content (AvgIpc) is 3.82. The molecule has 0 atom stereocenters.